The van der Waals surface area contributed by atoms with E-state index < -0.39 is 23.2 Å². The normalized spacial score (nSPS) is 11.0. The van der Waals surface area contributed by atoms with Gasteiger partial charge in [0.05, 0.1) is 24.6 Å². The highest BCUT2D eigenvalue weighted by atomic mass is 19.1. The van der Waals surface area contributed by atoms with E-state index in [9.17, 15) is 19.4 Å². The van der Waals surface area contributed by atoms with Crippen molar-refractivity contribution in [3.63, 3.8) is 0 Å². The van der Waals surface area contributed by atoms with Crippen LogP contribution in [0, 0.1) is 5.82 Å². The lowest BCUT2D eigenvalue weighted by molar-refractivity contribution is 0.103. The Labute approximate surface area is 194 Å². The fourth-order valence-corrected chi connectivity index (χ4v) is 3.60. The zero-order valence-electron chi connectivity index (χ0n) is 18.4. The molecule has 0 aliphatic heterocycles. The minimum atomic E-state index is -0.579. The van der Waals surface area contributed by atoms with Gasteiger partial charge in [0.15, 0.2) is 11.5 Å². The molecule has 0 aliphatic carbocycles. The van der Waals surface area contributed by atoms with Crippen molar-refractivity contribution in [2.45, 2.75) is 0 Å². The van der Waals surface area contributed by atoms with Crippen molar-refractivity contribution in [3.05, 3.63) is 95.3 Å². The Morgan fingerprint density at radius 2 is 1.59 bits per heavy atom. The Balaban J connectivity index is 1.92. The molecule has 0 fully saturated rings. The Kier molecular flexibility index (Phi) is 6.31. The molecule has 1 heterocycles. The number of carbonyl (C=O) groups is 1. The Morgan fingerprint density at radius 1 is 0.941 bits per heavy atom. The molecule has 0 saturated heterocycles. The molecule has 3 aromatic carbocycles. The molecule has 7 nitrogen and oxygen atoms in total. The number of aromatic nitrogens is 1. The summed E-state index contributed by atoms with van der Waals surface area (Å²) in [4.78, 5) is 18.1. The van der Waals surface area contributed by atoms with Crippen molar-refractivity contribution >= 4 is 12.0 Å². The second-order valence-electron chi connectivity index (χ2n) is 7.30. The van der Waals surface area contributed by atoms with Gasteiger partial charge in [-0.25, -0.2) is 4.39 Å². The number of methoxy groups -OCH3 is 1. The van der Waals surface area contributed by atoms with Crippen LogP contribution in [0.15, 0.2) is 78.0 Å². The molecule has 0 bridgehead atoms. The first-order valence-corrected chi connectivity index (χ1v) is 10.2. The number of rotatable bonds is 7. The van der Waals surface area contributed by atoms with Gasteiger partial charge in [-0.15, -0.1) is 0 Å². The minimum Gasteiger partial charge on any atom is -0.503 e. The van der Waals surface area contributed by atoms with E-state index >= 15 is 0 Å². The van der Waals surface area contributed by atoms with E-state index in [0.717, 1.165) is 5.56 Å². The van der Waals surface area contributed by atoms with Gasteiger partial charge < -0.3 is 19.8 Å². The lowest BCUT2D eigenvalue weighted by Gasteiger charge is -2.12. The minimum absolute atomic E-state index is 0.112. The predicted octanol–water partition coefficient (Wildman–Crippen LogP) is 4.91. The molecule has 0 amide bonds. The van der Waals surface area contributed by atoms with Gasteiger partial charge in [-0.1, -0.05) is 17.3 Å². The summed E-state index contributed by atoms with van der Waals surface area (Å²) in [6.07, 6.45) is 1.51. The molecule has 4 rings (SSSR count). The van der Waals surface area contributed by atoms with Crippen molar-refractivity contribution in [1.29, 1.82) is 0 Å². The molecule has 0 saturated carbocycles. The van der Waals surface area contributed by atoms with Gasteiger partial charge in [0.25, 0.3) is 0 Å². The maximum Gasteiger partial charge on any atom is 0.240 e. The molecule has 0 aliphatic rings. The van der Waals surface area contributed by atoms with Crippen LogP contribution in [0.5, 0.6) is 17.4 Å². The predicted molar refractivity (Wildman–Crippen MR) is 126 cm³/mol. The van der Waals surface area contributed by atoms with Crippen LogP contribution >= 0.6 is 0 Å². The van der Waals surface area contributed by atoms with Crippen molar-refractivity contribution in [1.82, 2.24) is 4.57 Å². The Hall–Kier alpha value is -4.59. The van der Waals surface area contributed by atoms with Crippen LogP contribution < -0.4 is 4.74 Å². The van der Waals surface area contributed by atoms with Crippen LogP contribution in [-0.2, 0) is 4.84 Å². The average molecular weight is 460 g/mol. The molecule has 4 aromatic rings. The number of hydrogen-bond donors (Lipinski definition) is 2. The SMILES string of the molecule is CON=Cc1ccc(-n2c(O)c(O)c(C(=O)c3ccc(OC)cc3)c2-c2ccc(F)cc2)cc1. The largest absolute Gasteiger partial charge is 0.503 e. The number of carbonyl (C=O) groups excluding carboxylic acids is 1. The van der Waals surface area contributed by atoms with Gasteiger partial charge in [-0.3, -0.25) is 9.36 Å². The number of oxime groups is 1. The maximum atomic E-state index is 13.6. The monoisotopic (exact) mass is 460 g/mol. The highest BCUT2D eigenvalue weighted by Crippen LogP contribution is 2.44. The molecular weight excluding hydrogens is 439 g/mol. The van der Waals surface area contributed by atoms with E-state index in [2.05, 4.69) is 9.99 Å². The second-order valence-corrected chi connectivity index (χ2v) is 7.30. The van der Waals surface area contributed by atoms with Gasteiger partial charge in [-0.2, -0.15) is 0 Å². The van der Waals surface area contributed by atoms with Crippen LogP contribution in [0.3, 0.4) is 0 Å². The van der Waals surface area contributed by atoms with Gasteiger partial charge in [0.2, 0.25) is 5.88 Å². The molecule has 2 N–H and O–H groups in total. The topological polar surface area (TPSA) is 93.3 Å². The Morgan fingerprint density at radius 3 is 2.18 bits per heavy atom. The summed E-state index contributed by atoms with van der Waals surface area (Å²) in [6.45, 7) is 0. The van der Waals surface area contributed by atoms with E-state index in [1.165, 1.54) is 49.3 Å². The summed E-state index contributed by atoms with van der Waals surface area (Å²) < 4.78 is 20.1. The number of ether oxygens (including phenoxy) is 1. The molecule has 172 valence electrons. The lowest BCUT2D eigenvalue weighted by atomic mass is 9.99. The standard InChI is InChI=1S/C26H21FN2O5/c1-33-21-13-7-18(8-14-21)24(30)22-23(17-5-9-19(27)10-6-17)29(26(32)25(22)31)20-11-3-16(4-12-20)15-28-34-2/h3-15,31-32H,1-2H3. The van der Waals surface area contributed by atoms with Gasteiger partial charge in [0, 0.05) is 11.3 Å². The first-order valence-electron chi connectivity index (χ1n) is 10.2. The van der Waals surface area contributed by atoms with Crippen molar-refractivity contribution < 1.29 is 29.0 Å². The van der Waals surface area contributed by atoms with E-state index in [1.807, 2.05) is 0 Å². The zero-order valence-corrected chi connectivity index (χ0v) is 18.4. The zero-order chi connectivity index (χ0) is 24.2. The molecule has 1 aromatic heterocycles. The van der Waals surface area contributed by atoms with Gasteiger partial charge in [-0.05, 0) is 71.8 Å². The lowest BCUT2D eigenvalue weighted by Crippen LogP contribution is -2.05. The molecular formula is C26H21FN2O5. The number of nitrogens with zero attached hydrogens (tertiary/aromatic N) is 2. The molecule has 34 heavy (non-hydrogen) atoms. The van der Waals surface area contributed by atoms with Crippen LogP contribution in [0.1, 0.15) is 21.5 Å². The quantitative estimate of drug-likeness (QED) is 0.232. The highest BCUT2D eigenvalue weighted by Gasteiger charge is 2.29. The second kappa shape index (κ2) is 9.50. The third kappa shape index (κ3) is 4.21. The van der Waals surface area contributed by atoms with Gasteiger partial charge in [0.1, 0.15) is 18.7 Å². The van der Waals surface area contributed by atoms with E-state index in [0.29, 0.717) is 17.0 Å². The van der Waals surface area contributed by atoms with E-state index in [1.54, 1.807) is 48.5 Å². The Bertz CT molecular complexity index is 1340. The van der Waals surface area contributed by atoms with Crippen molar-refractivity contribution in [3.8, 4) is 34.3 Å². The summed E-state index contributed by atoms with van der Waals surface area (Å²) in [5.41, 5.74) is 2.02. The number of halogens is 1. The molecule has 0 atom stereocenters. The first kappa shape index (κ1) is 22.6. The van der Waals surface area contributed by atoms with Crippen LogP contribution in [-0.4, -0.2) is 41.0 Å². The van der Waals surface area contributed by atoms with E-state index in [-0.39, 0.29) is 16.8 Å². The summed E-state index contributed by atoms with van der Waals surface area (Å²) in [5, 5.41) is 25.4. The van der Waals surface area contributed by atoms with Crippen LogP contribution in [0.2, 0.25) is 0 Å². The number of hydrogen-bond acceptors (Lipinski definition) is 6. The van der Waals surface area contributed by atoms with Crippen molar-refractivity contribution in [2.75, 3.05) is 14.2 Å². The fourth-order valence-electron chi connectivity index (χ4n) is 3.60. The summed E-state index contributed by atoms with van der Waals surface area (Å²) in [5.74, 6) is -1.51. The molecule has 0 spiro atoms. The van der Waals surface area contributed by atoms with Gasteiger partial charge >= 0.3 is 0 Å². The van der Waals surface area contributed by atoms with Crippen molar-refractivity contribution in [2.24, 2.45) is 5.16 Å². The van der Waals surface area contributed by atoms with E-state index in [4.69, 9.17) is 4.74 Å². The summed E-state index contributed by atoms with van der Waals surface area (Å²) in [7, 11) is 2.95. The fraction of sp³-hybridized carbons (Fsp3) is 0.0769. The molecule has 0 unspecified atom stereocenters. The third-order valence-corrected chi connectivity index (χ3v) is 5.28. The number of benzene rings is 3. The average Bonchev–Trinajstić information content (AvgIpc) is 3.13. The summed E-state index contributed by atoms with van der Waals surface area (Å²) in [6, 6.07) is 18.6. The third-order valence-electron chi connectivity index (χ3n) is 5.28. The summed E-state index contributed by atoms with van der Waals surface area (Å²) >= 11 is 0. The molecule has 8 heteroatoms. The van der Waals surface area contributed by atoms with Crippen LogP contribution in [0.4, 0.5) is 4.39 Å². The molecule has 0 radical (unpaired) electrons. The smallest absolute Gasteiger partial charge is 0.240 e. The number of ketones is 1. The first-order chi connectivity index (χ1) is 16.4. The number of aromatic hydroxyl groups is 2. The maximum absolute atomic E-state index is 13.6. The van der Waals surface area contributed by atoms with Crippen LogP contribution in [0.25, 0.3) is 16.9 Å². The highest BCUT2D eigenvalue weighted by molar-refractivity contribution is 6.15.